The Morgan fingerprint density at radius 1 is 1.07 bits per heavy atom. The Morgan fingerprint density at radius 2 is 1.93 bits per heavy atom. The first-order valence-corrected chi connectivity index (χ1v) is 7.80. The van der Waals surface area contributed by atoms with E-state index in [2.05, 4.69) is 30.2 Å². The number of alkyl halides is 3. The van der Waals surface area contributed by atoms with E-state index >= 15 is 0 Å². The van der Waals surface area contributed by atoms with E-state index in [0.29, 0.717) is 22.5 Å². The first kappa shape index (κ1) is 16.9. The molecule has 4 rings (SSSR count). The molecule has 0 unspecified atom stereocenters. The van der Waals surface area contributed by atoms with Gasteiger partial charge in [-0.25, -0.2) is 19.9 Å². The van der Waals surface area contributed by atoms with Crippen molar-refractivity contribution in [2.45, 2.75) is 6.18 Å². The maximum absolute atomic E-state index is 12.9. The fraction of sp³-hybridized carbons (Fsp3) is 0.118. The highest BCUT2D eigenvalue weighted by Gasteiger charge is 2.32. The van der Waals surface area contributed by atoms with E-state index in [1.165, 1.54) is 12.4 Å². The minimum absolute atomic E-state index is 0.199. The Balaban J connectivity index is 1.77. The van der Waals surface area contributed by atoms with Crippen molar-refractivity contribution in [3.05, 3.63) is 55.0 Å². The molecule has 0 bridgehead atoms. The van der Waals surface area contributed by atoms with Gasteiger partial charge in [0.15, 0.2) is 5.82 Å². The van der Waals surface area contributed by atoms with Crippen LogP contribution in [0.5, 0.6) is 0 Å². The molecule has 27 heavy (non-hydrogen) atoms. The first-order valence-electron chi connectivity index (χ1n) is 7.80. The fourth-order valence-corrected chi connectivity index (χ4v) is 2.58. The number of hydrogen-bond donors (Lipinski definition) is 1. The van der Waals surface area contributed by atoms with E-state index < -0.39 is 11.9 Å². The predicted octanol–water partition coefficient (Wildman–Crippen LogP) is 3.58. The minimum Gasteiger partial charge on any atom is -0.338 e. The molecule has 0 aliphatic rings. The van der Waals surface area contributed by atoms with Gasteiger partial charge in [0.1, 0.15) is 17.5 Å². The largest absolute Gasteiger partial charge is 0.433 e. The number of hydrogen-bond acceptors (Lipinski definition) is 6. The molecule has 136 valence electrons. The highest BCUT2D eigenvalue weighted by atomic mass is 19.4. The molecular formula is C17H12F3N7. The molecule has 10 heteroatoms. The van der Waals surface area contributed by atoms with Crippen molar-refractivity contribution in [1.82, 2.24) is 29.5 Å². The van der Waals surface area contributed by atoms with Crippen LogP contribution in [0.4, 0.5) is 24.7 Å². The zero-order valence-electron chi connectivity index (χ0n) is 13.9. The summed E-state index contributed by atoms with van der Waals surface area (Å²) >= 11 is 0. The summed E-state index contributed by atoms with van der Waals surface area (Å²) in [5.41, 5.74) is 1.63. The fourth-order valence-electron chi connectivity index (χ4n) is 2.58. The van der Waals surface area contributed by atoms with Gasteiger partial charge in [-0.3, -0.25) is 4.98 Å². The molecule has 4 heterocycles. The van der Waals surface area contributed by atoms with Gasteiger partial charge in [0.05, 0.1) is 29.4 Å². The van der Waals surface area contributed by atoms with Crippen LogP contribution in [0.1, 0.15) is 5.69 Å². The maximum Gasteiger partial charge on any atom is 0.433 e. The van der Waals surface area contributed by atoms with Gasteiger partial charge in [-0.15, -0.1) is 0 Å². The van der Waals surface area contributed by atoms with Crippen molar-refractivity contribution in [2.24, 2.45) is 7.05 Å². The van der Waals surface area contributed by atoms with Gasteiger partial charge in [0.25, 0.3) is 0 Å². The SMILES string of the molecule is Cn1cncc1-c1ccc2ncnc(Nc3ccnc(C(F)(F)F)c3)c2n1. The second-order valence-electron chi connectivity index (χ2n) is 5.73. The number of imidazole rings is 1. The highest BCUT2D eigenvalue weighted by molar-refractivity contribution is 5.88. The molecule has 0 aliphatic carbocycles. The molecule has 0 aromatic carbocycles. The summed E-state index contributed by atoms with van der Waals surface area (Å²) in [5, 5.41) is 2.87. The number of rotatable bonds is 3. The average Bonchev–Trinajstić information content (AvgIpc) is 3.07. The van der Waals surface area contributed by atoms with Crippen molar-refractivity contribution in [1.29, 1.82) is 0 Å². The molecular weight excluding hydrogens is 359 g/mol. The van der Waals surface area contributed by atoms with Crippen molar-refractivity contribution >= 4 is 22.5 Å². The Kier molecular flexibility index (Phi) is 3.94. The number of fused-ring (bicyclic) bond motifs is 1. The smallest absolute Gasteiger partial charge is 0.338 e. The molecule has 1 N–H and O–H groups in total. The molecule has 4 aromatic rings. The minimum atomic E-state index is -4.53. The Labute approximate surface area is 151 Å². The van der Waals surface area contributed by atoms with E-state index in [4.69, 9.17) is 0 Å². The van der Waals surface area contributed by atoms with Crippen LogP contribution in [0.3, 0.4) is 0 Å². The van der Waals surface area contributed by atoms with Crippen LogP contribution in [0.15, 0.2) is 49.3 Å². The number of aromatic nitrogens is 6. The van der Waals surface area contributed by atoms with Crippen LogP contribution in [0.25, 0.3) is 22.4 Å². The Bertz CT molecular complexity index is 1120. The van der Waals surface area contributed by atoms with Crippen molar-refractivity contribution in [3.63, 3.8) is 0 Å². The third-order valence-corrected chi connectivity index (χ3v) is 3.87. The van der Waals surface area contributed by atoms with E-state index in [1.807, 2.05) is 11.6 Å². The van der Waals surface area contributed by atoms with Crippen LogP contribution >= 0.6 is 0 Å². The van der Waals surface area contributed by atoms with Gasteiger partial charge >= 0.3 is 6.18 Å². The summed E-state index contributed by atoms with van der Waals surface area (Å²) in [4.78, 5) is 20.3. The molecule has 0 saturated carbocycles. The van der Waals surface area contributed by atoms with E-state index in [9.17, 15) is 13.2 Å². The van der Waals surface area contributed by atoms with E-state index in [-0.39, 0.29) is 5.69 Å². The number of pyridine rings is 2. The molecule has 0 aliphatic heterocycles. The van der Waals surface area contributed by atoms with Crippen LogP contribution < -0.4 is 5.32 Å². The second-order valence-corrected chi connectivity index (χ2v) is 5.73. The Hall–Kier alpha value is -3.56. The third kappa shape index (κ3) is 3.28. The number of anilines is 2. The van der Waals surface area contributed by atoms with E-state index in [0.717, 1.165) is 18.0 Å². The lowest BCUT2D eigenvalue weighted by Gasteiger charge is -2.11. The molecule has 0 amide bonds. The standard InChI is InChI=1S/C17H12F3N7/c1-27-9-21-7-13(27)11-2-3-12-15(26-11)16(24-8-23-12)25-10-4-5-22-14(6-10)17(18,19)20/h2-9H,1H3,(H,22,23,24,25). The summed E-state index contributed by atoms with van der Waals surface area (Å²) in [7, 11) is 1.84. The summed E-state index contributed by atoms with van der Waals surface area (Å²) in [6.07, 6.45) is 1.20. The monoisotopic (exact) mass is 371 g/mol. The van der Waals surface area contributed by atoms with Crippen molar-refractivity contribution in [3.8, 4) is 11.4 Å². The molecule has 0 spiro atoms. The molecule has 7 nitrogen and oxygen atoms in total. The lowest BCUT2D eigenvalue weighted by atomic mass is 10.2. The number of nitrogens with zero attached hydrogens (tertiary/aromatic N) is 6. The van der Waals surface area contributed by atoms with Gasteiger partial charge in [-0.05, 0) is 24.3 Å². The predicted molar refractivity (Wildman–Crippen MR) is 92.1 cm³/mol. The molecule has 0 atom stereocenters. The topological polar surface area (TPSA) is 81.4 Å². The van der Waals surface area contributed by atoms with Crippen LogP contribution in [0, 0.1) is 0 Å². The highest BCUT2D eigenvalue weighted by Crippen LogP contribution is 2.30. The second kappa shape index (κ2) is 6.31. The lowest BCUT2D eigenvalue weighted by Crippen LogP contribution is -2.08. The van der Waals surface area contributed by atoms with Gasteiger partial charge in [0, 0.05) is 18.9 Å². The van der Waals surface area contributed by atoms with Gasteiger partial charge in [0.2, 0.25) is 0 Å². The summed E-state index contributed by atoms with van der Waals surface area (Å²) in [5.74, 6) is 0.295. The first-order chi connectivity index (χ1) is 12.9. The van der Waals surface area contributed by atoms with E-state index in [1.54, 1.807) is 24.7 Å². The normalized spacial score (nSPS) is 11.7. The van der Waals surface area contributed by atoms with Gasteiger partial charge < -0.3 is 9.88 Å². The average molecular weight is 371 g/mol. The van der Waals surface area contributed by atoms with Crippen molar-refractivity contribution < 1.29 is 13.2 Å². The van der Waals surface area contributed by atoms with Gasteiger partial charge in [-0.1, -0.05) is 0 Å². The molecule has 0 radical (unpaired) electrons. The quantitative estimate of drug-likeness (QED) is 0.593. The van der Waals surface area contributed by atoms with Crippen LogP contribution in [-0.4, -0.2) is 29.5 Å². The summed E-state index contributed by atoms with van der Waals surface area (Å²) < 4.78 is 40.4. The van der Waals surface area contributed by atoms with Gasteiger partial charge in [-0.2, -0.15) is 13.2 Å². The number of halogens is 3. The third-order valence-electron chi connectivity index (χ3n) is 3.87. The van der Waals surface area contributed by atoms with Crippen LogP contribution in [-0.2, 0) is 13.2 Å². The number of nitrogens with one attached hydrogen (secondary N) is 1. The summed E-state index contributed by atoms with van der Waals surface area (Å²) in [6, 6.07) is 5.91. The molecule has 0 fully saturated rings. The Morgan fingerprint density at radius 3 is 2.67 bits per heavy atom. The zero-order valence-corrected chi connectivity index (χ0v) is 13.9. The summed E-state index contributed by atoms with van der Waals surface area (Å²) in [6.45, 7) is 0. The number of aryl methyl sites for hydroxylation is 1. The lowest BCUT2D eigenvalue weighted by molar-refractivity contribution is -0.141. The zero-order chi connectivity index (χ0) is 19.0. The van der Waals surface area contributed by atoms with Crippen LogP contribution in [0.2, 0.25) is 0 Å². The maximum atomic E-state index is 12.9. The molecule has 0 saturated heterocycles. The van der Waals surface area contributed by atoms with Crippen molar-refractivity contribution in [2.75, 3.05) is 5.32 Å². The molecule has 4 aromatic heterocycles.